The summed E-state index contributed by atoms with van der Waals surface area (Å²) in [7, 11) is 3.16. The van der Waals surface area contributed by atoms with Crippen molar-refractivity contribution < 1.29 is 18.8 Å². The minimum atomic E-state index is 0.0188. The Morgan fingerprint density at radius 1 is 1.32 bits per heavy atom. The van der Waals surface area contributed by atoms with Crippen LogP contribution < -0.4 is 14.8 Å². The lowest BCUT2D eigenvalue weighted by atomic mass is 10.2. The summed E-state index contributed by atoms with van der Waals surface area (Å²) < 4.78 is 15.7. The van der Waals surface area contributed by atoms with E-state index < -0.39 is 0 Å². The van der Waals surface area contributed by atoms with Crippen LogP contribution in [0.4, 0.5) is 0 Å². The van der Waals surface area contributed by atoms with Gasteiger partial charge in [-0.15, -0.1) is 0 Å². The summed E-state index contributed by atoms with van der Waals surface area (Å²) in [5, 5.41) is 7.00. The average molecular weight is 345 g/mol. The van der Waals surface area contributed by atoms with E-state index in [9.17, 15) is 4.79 Å². The number of amides is 1. The first-order valence-corrected chi connectivity index (χ1v) is 8.45. The molecule has 0 saturated heterocycles. The van der Waals surface area contributed by atoms with Gasteiger partial charge in [0.25, 0.3) is 0 Å². The molecule has 7 nitrogen and oxygen atoms in total. The maximum atomic E-state index is 12.0. The van der Waals surface area contributed by atoms with Crippen molar-refractivity contribution in [3.63, 3.8) is 0 Å². The van der Waals surface area contributed by atoms with Crippen molar-refractivity contribution in [2.45, 2.75) is 38.6 Å². The zero-order valence-electron chi connectivity index (χ0n) is 14.7. The molecule has 25 heavy (non-hydrogen) atoms. The molecule has 2 aromatic rings. The molecular formula is C18H23N3O4. The van der Waals surface area contributed by atoms with Crippen molar-refractivity contribution >= 4 is 5.91 Å². The number of carbonyl (C=O) groups excluding carboxylic acids is 1. The number of methoxy groups -OCH3 is 2. The summed E-state index contributed by atoms with van der Waals surface area (Å²) in [6, 6.07) is 5.66. The van der Waals surface area contributed by atoms with E-state index in [4.69, 9.17) is 14.0 Å². The fraction of sp³-hybridized carbons (Fsp3) is 0.500. The molecule has 0 radical (unpaired) electrons. The Kier molecular flexibility index (Phi) is 5.21. The quantitative estimate of drug-likeness (QED) is 0.791. The minimum absolute atomic E-state index is 0.0188. The van der Waals surface area contributed by atoms with Crippen LogP contribution in [0.1, 0.15) is 32.1 Å². The summed E-state index contributed by atoms with van der Waals surface area (Å²) in [5.74, 6) is 2.80. The third-order valence-electron chi connectivity index (χ3n) is 4.39. The fourth-order valence-corrected chi connectivity index (χ4v) is 2.71. The van der Waals surface area contributed by atoms with E-state index >= 15 is 0 Å². The van der Waals surface area contributed by atoms with E-state index in [-0.39, 0.29) is 11.9 Å². The third-order valence-corrected chi connectivity index (χ3v) is 4.39. The van der Waals surface area contributed by atoms with Gasteiger partial charge in [-0.25, -0.2) is 0 Å². The first-order valence-electron chi connectivity index (χ1n) is 8.45. The first kappa shape index (κ1) is 17.3. The van der Waals surface area contributed by atoms with Crippen LogP contribution in [0, 0.1) is 5.92 Å². The summed E-state index contributed by atoms with van der Waals surface area (Å²) in [6.07, 6.45) is 3.17. The number of aromatic nitrogens is 2. The topological polar surface area (TPSA) is 86.5 Å². The molecule has 1 aliphatic rings. The van der Waals surface area contributed by atoms with E-state index in [1.54, 1.807) is 26.4 Å². The molecule has 1 aromatic heterocycles. The molecule has 1 aliphatic carbocycles. The van der Waals surface area contributed by atoms with Crippen molar-refractivity contribution in [1.29, 1.82) is 0 Å². The van der Waals surface area contributed by atoms with E-state index in [1.165, 1.54) is 12.8 Å². The van der Waals surface area contributed by atoms with Crippen LogP contribution in [0.15, 0.2) is 22.7 Å². The molecule has 1 atom stereocenters. The second-order valence-electron chi connectivity index (χ2n) is 6.28. The van der Waals surface area contributed by atoms with Crippen LogP contribution >= 0.6 is 0 Å². The molecule has 1 heterocycles. The molecule has 0 bridgehead atoms. The van der Waals surface area contributed by atoms with Crippen molar-refractivity contribution in [3.8, 4) is 22.9 Å². The second kappa shape index (κ2) is 7.55. The van der Waals surface area contributed by atoms with Gasteiger partial charge in [-0.1, -0.05) is 5.16 Å². The number of rotatable bonds is 8. The average Bonchev–Trinajstić information content (AvgIpc) is 3.38. The fourth-order valence-electron chi connectivity index (χ4n) is 2.71. The van der Waals surface area contributed by atoms with Gasteiger partial charge in [0.2, 0.25) is 17.6 Å². The molecule has 1 amide bonds. The van der Waals surface area contributed by atoms with E-state index in [0.717, 1.165) is 5.56 Å². The minimum Gasteiger partial charge on any atom is -0.493 e. The van der Waals surface area contributed by atoms with Crippen LogP contribution in [0.2, 0.25) is 0 Å². The lowest BCUT2D eigenvalue weighted by Crippen LogP contribution is -2.34. The number of benzene rings is 1. The Morgan fingerprint density at radius 2 is 2.08 bits per heavy atom. The van der Waals surface area contributed by atoms with Crippen molar-refractivity contribution in [2.24, 2.45) is 5.92 Å². The largest absolute Gasteiger partial charge is 0.493 e. The molecule has 1 fully saturated rings. The SMILES string of the molecule is COc1ccc(-c2noc(CCC(=O)N[C@H](C)C3CC3)n2)cc1OC. The lowest BCUT2D eigenvalue weighted by molar-refractivity contribution is -0.121. The van der Waals surface area contributed by atoms with Crippen molar-refractivity contribution in [3.05, 3.63) is 24.1 Å². The standard InChI is InChI=1S/C18H23N3O4/c1-11(12-4-5-12)19-16(22)8-9-17-20-18(21-25-17)13-6-7-14(23-2)15(10-13)24-3/h6-7,10-12H,4-5,8-9H2,1-3H3,(H,19,22)/t11-/m1/s1. The Hall–Kier alpha value is -2.57. The number of hydrogen-bond donors (Lipinski definition) is 1. The molecule has 134 valence electrons. The maximum absolute atomic E-state index is 12.0. The Labute approximate surface area is 146 Å². The molecule has 1 aromatic carbocycles. The summed E-state index contributed by atoms with van der Waals surface area (Å²) in [5.41, 5.74) is 0.763. The highest BCUT2D eigenvalue weighted by Gasteiger charge is 2.28. The number of aryl methyl sites for hydroxylation is 1. The normalized spacial score (nSPS) is 14.8. The molecule has 0 unspecified atom stereocenters. The number of nitrogens with one attached hydrogen (secondary N) is 1. The highest BCUT2D eigenvalue weighted by molar-refractivity contribution is 5.76. The maximum Gasteiger partial charge on any atom is 0.227 e. The summed E-state index contributed by atoms with van der Waals surface area (Å²) >= 11 is 0. The molecule has 7 heteroatoms. The predicted octanol–water partition coefficient (Wildman–Crippen LogP) is 2.60. The van der Waals surface area contributed by atoms with Gasteiger partial charge >= 0.3 is 0 Å². The summed E-state index contributed by atoms with van der Waals surface area (Å²) in [6.45, 7) is 2.05. The number of ether oxygens (including phenoxy) is 2. The van der Waals surface area contributed by atoms with Gasteiger partial charge in [0.1, 0.15) is 0 Å². The molecule has 3 rings (SSSR count). The van der Waals surface area contributed by atoms with E-state index in [1.807, 2.05) is 6.07 Å². The molecule has 1 N–H and O–H groups in total. The van der Waals surface area contributed by atoms with E-state index in [2.05, 4.69) is 22.4 Å². The highest BCUT2D eigenvalue weighted by Crippen LogP contribution is 2.32. The number of carbonyl (C=O) groups is 1. The first-order chi connectivity index (χ1) is 12.1. The van der Waals surface area contributed by atoms with Crippen molar-refractivity contribution in [2.75, 3.05) is 14.2 Å². The molecule has 1 saturated carbocycles. The van der Waals surface area contributed by atoms with Crippen LogP contribution in [-0.2, 0) is 11.2 Å². The van der Waals surface area contributed by atoms with Crippen LogP contribution in [0.25, 0.3) is 11.4 Å². The zero-order chi connectivity index (χ0) is 17.8. The highest BCUT2D eigenvalue weighted by atomic mass is 16.5. The molecule has 0 aliphatic heterocycles. The van der Waals surface area contributed by atoms with Crippen LogP contribution in [0.5, 0.6) is 11.5 Å². The Bertz CT molecular complexity index is 740. The third kappa shape index (κ3) is 4.29. The van der Waals surface area contributed by atoms with Crippen LogP contribution in [-0.4, -0.2) is 36.3 Å². The van der Waals surface area contributed by atoms with Gasteiger partial charge in [0, 0.05) is 24.4 Å². The van der Waals surface area contributed by atoms with Crippen molar-refractivity contribution in [1.82, 2.24) is 15.5 Å². The Balaban J connectivity index is 1.59. The monoisotopic (exact) mass is 345 g/mol. The smallest absolute Gasteiger partial charge is 0.227 e. The van der Waals surface area contributed by atoms with Gasteiger partial charge < -0.3 is 19.3 Å². The van der Waals surface area contributed by atoms with Gasteiger partial charge in [-0.3, -0.25) is 4.79 Å². The molecule has 0 spiro atoms. The summed E-state index contributed by atoms with van der Waals surface area (Å²) in [4.78, 5) is 16.3. The lowest BCUT2D eigenvalue weighted by Gasteiger charge is -2.11. The van der Waals surface area contributed by atoms with Gasteiger partial charge in [-0.05, 0) is 43.9 Å². The number of hydrogen-bond acceptors (Lipinski definition) is 6. The zero-order valence-corrected chi connectivity index (χ0v) is 14.7. The van der Waals surface area contributed by atoms with E-state index in [0.29, 0.717) is 42.0 Å². The van der Waals surface area contributed by atoms with Gasteiger partial charge in [0.05, 0.1) is 14.2 Å². The second-order valence-corrected chi connectivity index (χ2v) is 6.28. The van der Waals surface area contributed by atoms with Crippen LogP contribution in [0.3, 0.4) is 0 Å². The predicted molar refractivity (Wildman–Crippen MR) is 91.5 cm³/mol. The Morgan fingerprint density at radius 3 is 2.76 bits per heavy atom. The van der Waals surface area contributed by atoms with Gasteiger partial charge in [0.15, 0.2) is 11.5 Å². The van der Waals surface area contributed by atoms with Gasteiger partial charge in [-0.2, -0.15) is 4.98 Å². The molecular weight excluding hydrogens is 322 g/mol. The number of nitrogens with zero attached hydrogens (tertiary/aromatic N) is 2.